The highest BCUT2D eigenvalue weighted by molar-refractivity contribution is 5.66. The Bertz CT molecular complexity index is 890. The molecule has 2 heterocycles. The lowest BCUT2D eigenvalue weighted by molar-refractivity contribution is 0.277. The van der Waals surface area contributed by atoms with Crippen LogP contribution in [0.1, 0.15) is 5.69 Å². The lowest BCUT2D eigenvalue weighted by atomic mass is 10.1. The van der Waals surface area contributed by atoms with Crippen LogP contribution in [0.5, 0.6) is 0 Å². The summed E-state index contributed by atoms with van der Waals surface area (Å²) in [6.07, 6.45) is 1.01. The third-order valence-corrected chi connectivity index (χ3v) is 3.12. The number of rotatable bonds is 2. The Morgan fingerprint density at radius 3 is 2.67 bits per heavy atom. The normalized spacial score (nSPS) is 11.0. The Morgan fingerprint density at radius 2 is 1.95 bits per heavy atom. The van der Waals surface area contributed by atoms with E-state index in [1.165, 1.54) is 36.4 Å². The molecule has 0 aliphatic carbocycles. The number of aliphatic hydroxyl groups excluding tert-OH is 1. The summed E-state index contributed by atoms with van der Waals surface area (Å²) < 4.78 is 27.7. The van der Waals surface area contributed by atoms with E-state index in [9.17, 15) is 18.7 Å². The Labute approximate surface area is 117 Å². The highest BCUT2D eigenvalue weighted by atomic mass is 19.1. The first-order valence-corrected chi connectivity index (χ1v) is 6.18. The van der Waals surface area contributed by atoms with Crippen molar-refractivity contribution >= 4 is 5.65 Å². The molecule has 1 aromatic carbocycles. The van der Waals surface area contributed by atoms with Gasteiger partial charge in [0.1, 0.15) is 17.3 Å². The summed E-state index contributed by atoms with van der Waals surface area (Å²) in [5.41, 5.74) is 0.118. The summed E-state index contributed by atoms with van der Waals surface area (Å²) in [7, 11) is 0. The van der Waals surface area contributed by atoms with Gasteiger partial charge in [-0.15, -0.1) is 0 Å². The van der Waals surface area contributed by atoms with E-state index in [1.807, 2.05) is 0 Å². The maximum absolute atomic E-state index is 13.3. The van der Waals surface area contributed by atoms with Crippen LogP contribution in [0.25, 0.3) is 16.8 Å². The number of aliphatic hydroxyl groups is 1. The van der Waals surface area contributed by atoms with Crippen molar-refractivity contribution < 1.29 is 13.9 Å². The third-order valence-electron chi connectivity index (χ3n) is 3.12. The topological polar surface area (TPSA) is 54.6 Å². The van der Waals surface area contributed by atoms with Crippen LogP contribution in [-0.2, 0) is 6.61 Å². The van der Waals surface area contributed by atoms with Crippen molar-refractivity contribution in [1.29, 1.82) is 0 Å². The lowest BCUT2D eigenvalue weighted by Crippen LogP contribution is -2.20. The number of pyridine rings is 1. The number of benzene rings is 1. The van der Waals surface area contributed by atoms with E-state index in [4.69, 9.17) is 0 Å². The molecule has 0 unspecified atom stereocenters. The monoisotopic (exact) mass is 288 g/mol. The molecule has 1 N–H and O–H groups in total. The number of aromatic nitrogens is 2. The fraction of sp³-hybridized carbons (Fsp3) is 0.0667. The molecule has 0 aliphatic heterocycles. The minimum absolute atomic E-state index is 0.0556. The van der Waals surface area contributed by atoms with Crippen LogP contribution in [0.15, 0.2) is 47.4 Å². The van der Waals surface area contributed by atoms with Crippen molar-refractivity contribution in [3.8, 4) is 11.1 Å². The van der Waals surface area contributed by atoms with E-state index in [2.05, 4.69) is 4.98 Å². The van der Waals surface area contributed by atoms with E-state index in [0.717, 1.165) is 10.6 Å². The standard InChI is InChI=1S/C15H10F2N2O2/c16-10-3-1-2-9(6-10)14-12(8-20)18-13-5-4-11(17)7-19(13)15(14)21/h1-7,20H,8H2. The van der Waals surface area contributed by atoms with Crippen molar-refractivity contribution in [3.05, 3.63) is 70.3 Å². The molecule has 0 aliphatic rings. The van der Waals surface area contributed by atoms with Crippen molar-refractivity contribution in [2.75, 3.05) is 0 Å². The van der Waals surface area contributed by atoms with Gasteiger partial charge in [0.05, 0.1) is 17.9 Å². The van der Waals surface area contributed by atoms with Crippen molar-refractivity contribution in [3.63, 3.8) is 0 Å². The van der Waals surface area contributed by atoms with Gasteiger partial charge in [-0.1, -0.05) is 12.1 Å². The predicted molar refractivity (Wildman–Crippen MR) is 72.7 cm³/mol. The van der Waals surface area contributed by atoms with Gasteiger partial charge in [0.15, 0.2) is 0 Å². The van der Waals surface area contributed by atoms with Crippen molar-refractivity contribution in [2.45, 2.75) is 6.61 Å². The number of halogens is 2. The molecule has 2 aromatic heterocycles. The maximum atomic E-state index is 13.3. The minimum Gasteiger partial charge on any atom is -0.390 e. The van der Waals surface area contributed by atoms with Gasteiger partial charge in [0.25, 0.3) is 5.56 Å². The van der Waals surface area contributed by atoms with Crippen LogP contribution in [0, 0.1) is 11.6 Å². The molecule has 0 fully saturated rings. The summed E-state index contributed by atoms with van der Waals surface area (Å²) in [6, 6.07) is 7.91. The zero-order chi connectivity index (χ0) is 15.0. The number of hydrogen-bond acceptors (Lipinski definition) is 3. The number of hydrogen-bond donors (Lipinski definition) is 1. The van der Waals surface area contributed by atoms with Crippen LogP contribution < -0.4 is 5.56 Å². The Hall–Kier alpha value is -2.60. The summed E-state index contributed by atoms with van der Waals surface area (Å²) in [6.45, 7) is -0.477. The molecular formula is C15H10F2N2O2. The van der Waals surface area contributed by atoms with Crippen LogP contribution in [-0.4, -0.2) is 14.5 Å². The van der Waals surface area contributed by atoms with Gasteiger partial charge in [-0.05, 0) is 29.8 Å². The van der Waals surface area contributed by atoms with Gasteiger partial charge in [-0.2, -0.15) is 0 Å². The molecule has 4 nitrogen and oxygen atoms in total. The van der Waals surface area contributed by atoms with Crippen molar-refractivity contribution in [2.24, 2.45) is 0 Å². The van der Waals surface area contributed by atoms with Gasteiger partial charge >= 0.3 is 0 Å². The number of fused-ring (bicyclic) bond motifs is 1. The molecule has 6 heteroatoms. The third kappa shape index (κ3) is 2.30. The zero-order valence-electron chi connectivity index (χ0n) is 10.8. The molecule has 0 atom stereocenters. The summed E-state index contributed by atoms with van der Waals surface area (Å²) in [5, 5.41) is 9.41. The van der Waals surface area contributed by atoms with E-state index >= 15 is 0 Å². The average Bonchev–Trinajstić information content (AvgIpc) is 2.47. The maximum Gasteiger partial charge on any atom is 0.266 e. The van der Waals surface area contributed by atoms with Crippen LogP contribution in [0.4, 0.5) is 8.78 Å². The van der Waals surface area contributed by atoms with Crippen LogP contribution >= 0.6 is 0 Å². The van der Waals surface area contributed by atoms with E-state index in [1.54, 1.807) is 0 Å². The van der Waals surface area contributed by atoms with Gasteiger partial charge in [-0.3, -0.25) is 9.20 Å². The summed E-state index contributed by atoms with van der Waals surface area (Å²) in [5.74, 6) is -1.10. The molecule has 21 heavy (non-hydrogen) atoms. The van der Waals surface area contributed by atoms with Crippen LogP contribution in [0.2, 0.25) is 0 Å². The molecule has 0 saturated carbocycles. The lowest BCUT2D eigenvalue weighted by Gasteiger charge is -2.09. The molecule has 3 aromatic rings. The highest BCUT2D eigenvalue weighted by Crippen LogP contribution is 2.20. The van der Waals surface area contributed by atoms with E-state index in [-0.39, 0.29) is 22.5 Å². The van der Waals surface area contributed by atoms with Crippen LogP contribution in [0.3, 0.4) is 0 Å². The highest BCUT2D eigenvalue weighted by Gasteiger charge is 2.15. The first-order chi connectivity index (χ1) is 10.1. The second kappa shape index (κ2) is 5.06. The predicted octanol–water partition coefficient (Wildman–Crippen LogP) is 2.13. The first-order valence-electron chi connectivity index (χ1n) is 6.18. The molecule has 0 radical (unpaired) electrons. The molecule has 0 amide bonds. The van der Waals surface area contributed by atoms with Gasteiger partial charge < -0.3 is 5.11 Å². The second-order valence-electron chi connectivity index (χ2n) is 4.48. The van der Waals surface area contributed by atoms with E-state index < -0.39 is 23.8 Å². The molecule has 0 bridgehead atoms. The first kappa shape index (κ1) is 13.4. The van der Waals surface area contributed by atoms with E-state index in [0.29, 0.717) is 0 Å². The largest absolute Gasteiger partial charge is 0.390 e. The smallest absolute Gasteiger partial charge is 0.266 e. The molecule has 0 saturated heterocycles. The fourth-order valence-corrected chi connectivity index (χ4v) is 2.21. The quantitative estimate of drug-likeness (QED) is 0.786. The summed E-state index contributed by atoms with van der Waals surface area (Å²) in [4.78, 5) is 16.6. The Morgan fingerprint density at radius 1 is 1.14 bits per heavy atom. The minimum atomic E-state index is -0.589. The van der Waals surface area contributed by atoms with Gasteiger partial charge in [0, 0.05) is 6.20 Å². The second-order valence-corrected chi connectivity index (χ2v) is 4.48. The fourth-order valence-electron chi connectivity index (χ4n) is 2.21. The zero-order valence-corrected chi connectivity index (χ0v) is 10.8. The molecule has 0 spiro atoms. The molecular weight excluding hydrogens is 278 g/mol. The Balaban J connectivity index is 2.40. The summed E-state index contributed by atoms with van der Waals surface area (Å²) >= 11 is 0. The van der Waals surface area contributed by atoms with Gasteiger partial charge in [0.2, 0.25) is 0 Å². The molecule has 3 rings (SSSR count). The van der Waals surface area contributed by atoms with Gasteiger partial charge in [-0.25, -0.2) is 13.8 Å². The SMILES string of the molecule is O=c1c(-c2cccc(F)c2)c(CO)nc2ccc(F)cn12. The average molecular weight is 288 g/mol. The number of nitrogens with zero attached hydrogens (tertiary/aromatic N) is 2. The Kier molecular flexibility index (Phi) is 3.23. The van der Waals surface area contributed by atoms with Crippen molar-refractivity contribution in [1.82, 2.24) is 9.38 Å². The molecule has 106 valence electrons.